The van der Waals surface area contributed by atoms with E-state index in [0.717, 1.165) is 47.9 Å². The molecule has 0 unspecified atom stereocenters. The van der Waals surface area contributed by atoms with Gasteiger partial charge < -0.3 is 4.98 Å². The van der Waals surface area contributed by atoms with Crippen LogP contribution < -0.4 is 5.56 Å². The third-order valence-electron chi connectivity index (χ3n) is 4.51. The number of thiazole rings is 1. The number of hydrogen-bond donors (Lipinski definition) is 1. The van der Waals surface area contributed by atoms with Gasteiger partial charge in [0.2, 0.25) is 0 Å². The van der Waals surface area contributed by atoms with E-state index in [2.05, 4.69) is 44.4 Å². The smallest absolute Gasteiger partial charge is 0.251 e. The lowest BCUT2D eigenvalue weighted by atomic mass is 10.1. The van der Waals surface area contributed by atoms with Gasteiger partial charge in [-0.3, -0.25) is 9.69 Å². The van der Waals surface area contributed by atoms with E-state index < -0.39 is 0 Å². The highest BCUT2D eigenvalue weighted by Gasteiger charge is 2.25. The fourth-order valence-electron chi connectivity index (χ4n) is 3.14. The molecule has 26 heavy (non-hydrogen) atoms. The molecule has 4 rings (SSSR count). The van der Waals surface area contributed by atoms with Crippen molar-refractivity contribution in [3.63, 3.8) is 0 Å². The van der Waals surface area contributed by atoms with E-state index in [0.29, 0.717) is 11.7 Å². The van der Waals surface area contributed by atoms with Gasteiger partial charge in [0.15, 0.2) is 0 Å². The Morgan fingerprint density at radius 2 is 2.08 bits per heavy atom. The monoisotopic (exact) mass is 366 g/mol. The summed E-state index contributed by atoms with van der Waals surface area (Å²) in [6, 6.07) is 9.87. The number of H-pyrrole nitrogens is 1. The first-order valence-corrected chi connectivity index (χ1v) is 9.75. The molecule has 0 spiro atoms. The lowest BCUT2D eigenvalue weighted by Gasteiger charge is -2.16. The number of nitrogens with zero attached hydrogens (tertiary/aromatic N) is 3. The summed E-state index contributed by atoms with van der Waals surface area (Å²) >= 11 is 1.68. The summed E-state index contributed by atoms with van der Waals surface area (Å²) in [4.78, 5) is 26.3. The van der Waals surface area contributed by atoms with Crippen LogP contribution in [0.1, 0.15) is 40.7 Å². The summed E-state index contributed by atoms with van der Waals surface area (Å²) in [5, 5.41) is 3.21. The van der Waals surface area contributed by atoms with Gasteiger partial charge in [0.1, 0.15) is 5.82 Å². The molecule has 1 N–H and O–H groups in total. The first-order valence-electron chi connectivity index (χ1n) is 8.87. The molecule has 6 heteroatoms. The van der Waals surface area contributed by atoms with Crippen molar-refractivity contribution in [3.8, 4) is 11.4 Å². The quantitative estimate of drug-likeness (QED) is 0.722. The van der Waals surface area contributed by atoms with Crippen molar-refractivity contribution >= 4 is 11.3 Å². The molecule has 1 aromatic carbocycles. The van der Waals surface area contributed by atoms with Crippen molar-refractivity contribution < 1.29 is 0 Å². The Morgan fingerprint density at radius 3 is 2.81 bits per heavy atom. The largest absolute Gasteiger partial charge is 0.307 e. The van der Waals surface area contributed by atoms with Crippen molar-refractivity contribution in [2.75, 3.05) is 7.05 Å². The summed E-state index contributed by atoms with van der Waals surface area (Å²) < 4.78 is 0. The summed E-state index contributed by atoms with van der Waals surface area (Å²) in [5.41, 5.74) is 4.11. The van der Waals surface area contributed by atoms with Gasteiger partial charge in [-0.25, -0.2) is 9.97 Å². The first kappa shape index (κ1) is 17.1. The SMILES string of the molecule is Cc1nc(CN(C)Cc2cccc(-c3nc(C4CC4)cc(=O)[nH]3)c2)cs1. The maximum Gasteiger partial charge on any atom is 0.251 e. The van der Waals surface area contributed by atoms with Crippen molar-refractivity contribution in [2.24, 2.45) is 0 Å². The lowest BCUT2D eigenvalue weighted by Crippen LogP contribution is -2.17. The Labute approximate surface area is 156 Å². The predicted molar refractivity (Wildman–Crippen MR) is 104 cm³/mol. The molecule has 1 aliphatic carbocycles. The molecule has 1 saturated carbocycles. The van der Waals surface area contributed by atoms with Gasteiger partial charge in [-0.1, -0.05) is 18.2 Å². The van der Waals surface area contributed by atoms with E-state index in [1.54, 1.807) is 17.4 Å². The molecule has 0 radical (unpaired) electrons. The second-order valence-corrected chi connectivity index (χ2v) is 8.09. The van der Waals surface area contributed by atoms with Gasteiger partial charge in [0.05, 0.1) is 16.4 Å². The molecule has 0 saturated heterocycles. The zero-order valence-corrected chi connectivity index (χ0v) is 15.8. The standard InChI is InChI=1S/C20H22N4OS/c1-13-21-17(12-26-13)11-24(2)10-14-4-3-5-16(8-14)20-22-18(15-6-7-15)9-19(25)23-20/h3-5,8-9,12,15H,6-7,10-11H2,1-2H3,(H,22,23,25). The lowest BCUT2D eigenvalue weighted by molar-refractivity contribution is 0.315. The summed E-state index contributed by atoms with van der Waals surface area (Å²) in [6.45, 7) is 3.67. The molecular formula is C20H22N4OS. The molecule has 0 atom stereocenters. The fraction of sp³-hybridized carbons (Fsp3) is 0.350. The van der Waals surface area contributed by atoms with E-state index in [9.17, 15) is 4.79 Å². The molecule has 1 aliphatic rings. The topological polar surface area (TPSA) is 61.9 Å². The Kier molecular flexibility index (Phi) is 4.70. The fourth-order valence-corrected chi connectivity index (χ4v) is 3.75. The number of hydrogen-bond acceptors (Lipinski definition) is 5. The number of aromatic amines is 1. The Balaban J connectivity index is 1.52. The van der Waals surface area contributed by atoms with Crippen molar-refractivity contribution in [1.82, 2.24) is 19.9 Å². The van der Waals surface area contributed by atoms with E-state index >= 15 is 0 Å². The molecule has 5 nitrogen and oxygen atoms in total. The highest BCUT2D eigenvalue weighted by molar-refractivity contribution is 7.09. The van der Waals surface area contributed by atoms with Crippen LogP contribution in [0.3, 0.4) is 0 Å². The van der Waals surface area contributed by atoms with Crippen molar-refractivity contribution in [1.29, 1.82) is 0 Å². The molecule has 0 bridgehead atoms. The van der Waals surface area contributed by atoms with Crippen LogP contribution in [-0.4, -0.2) is 26.9 Å². The second kappa shape index (κ2) is 7.13. The maximum atomic E-state index is 12.0. The number of aromatic nitrogens is 3. The normalized spacial score (nSPS) is 14.1. The zero-order chi connectivity index (χ0) is 18.1. The van der Waals surface area contributed by atoms with E-state index in [1.807, 2.05) is 19.1 Å². The van der Waals surface area contributed by atoms with Crippen LogP contribution in [0.25, 0.3) is 11.4 Å². The Morgan fingerprint density at radius 1 is 1.23 bits per heavy atom. The van der Waals surface area contributed by atoms with Crippen LogP contribution in [-0.2, 0) is 13.1 Å². The minimum absolute atomic E-state index is 0.0710. The van der Waals surface area contributed by atoms with Gasteiger partial charge in [0, 0.05) is 36.0 Å². The predicted octanol–water partition coefficient (Wildman–Crippen LogP) is 3.71. The number of nitrogens with one attached hydrogen (secondary N) is 1. The molecule has 0 amide bonds. The van der Waals surface area contributed by atoms with Gasteiger partial charge in [-0.05, 0) is 38.4 Å². The van der Waals surface area contributed by atoms with Crippen LogP contribution in [0.4, 0.5) is 0 Å². The third kappa shape index (κ3) is 4.08. The van der Waals surface area contributed by atoms with E-state index in [-0.39, 0.29) is 5.56 Å². The minimum Gasteiger partial charge on any atom is -0.307 e. The highest BCUT2D eigenvalue weighted by Crippen LogP contribution is 2.38. The van der Waals surface area contributed by atoms with Gasteiger partial charge >= 0.3 is 0 Å². The molecule has 3 aromatic rings. The molecule has 2 aromatic heterocycles. The zero-order valence-electron chi connectivity index (χ0n) is 15.0. The molecule has 0 aliphatic heterocycles. The Hall–Kier alpha value is -2.31. The molecule has 134 valence electrons. The van der Waals surface area contributed by atoms with Crippen molar-refractivity contribution in [2.45, 2.75) is 38.8 Å². The van der Waals surface area contributed by atoms with Crippen molar-refractivity contribution in [3.05, 3.63) is 68.0 Å². The number of rotatable bonds is 6. The summed E-state index contributed by atoms with van der Waals surface area (Å²) in [6.07, 6.45) is 2.27. The van der Waals surface area contributed by atoms with Crippen LogP contribution in [0.2, 0.25) is 0 Å². The number of benzene rings is 1. The van der Waals surface area contributed by atoms with Crippen LogP contribution in [0, 0.1) is 6.92 Å². The highest BCUT2D eigenvalue weighted by atomic mass is 32.1. The molecule has 2 heterocycles. The first-order chi connectivity index (χ1) is 12.6. The van der Waals surface area contributed by atoms with E-state index in [1.165, 1.54) is 5.56 Å². The van der Waals surface area contributed by atoms with E-state index in [4.69, 9.17) is 0 Å². The molecule has 1 fully saturated rings. The van der Waals surface area contributed by atoms with Gasteiger partial charge in [-0.2, -0.15) is 0 Å². The van der Waals surface area contributed by atoms with Gasteiger partial charge in [-0.15, -0.1) is 11.3 Å². The maximum absolute atomic E-state index is 12.0. The summed E-state index contributed by atoms with van der Waals surface area (Å²) in [5.74, 6) is 1.13. The average Bonchev–Trinajstić information content (AvgIpc) is 3.38. The minimum atomic E-state index is -0.0710. The van der Waals surface area contributed by atoms with Gasteiger partial charge in [0.25, 0.3) is 5.56 Å². The van der Waals surface area contributed by atoms with Crippen LogP contribution >= 0.6 is 11.3 Å². The number of aryl methyl sites for hydroxylation is 1. The third-order valence-corrected chi connectivity index (χ3v) is 5.33. The Bertz CT molecular complexity index is 974. The summed E-state index contributed by atoms with van der Waals surface area (Å²) in [7, 11) is 2.09. The van der Waals surface area contributed by atoms with Crippen LogP contribution in [0.5, 0.6) is 0 Å². The average molecular weight is 366 g/mol. The second-order valence-electron chi connectivity index (χ2n) is 7.02. The van der Waals surface area contributed by atoms with Crippen LogP contribution in [0.15, 0.2) is 40.5 Å². The molecular weight excluding hydrogens is 344 g/mol.